The van der Waals surface area contributed by atoms with Gasteiger partial charge in [-0.1, -0.05) is 48.9 Å². The van der Waals surface area contributed by atoms with Crippen LogP contribution >= 0.6 is 12.4 Å². The van der Waals surface area contributed by atoms with Crippen LogP contribution in [0, 0.1) is 0 Å². The number of ether oxygens (including phenoxy) is 2. The molecule has 0 radical (unpaired) electrons. The lowest BCUT2D eigenvalue weighted by Gasteiger charge is -2.31. The highest BCUT2D eigenvalue weighted by Crippen LogP contribution is 2.28. The van der Waals surface area contributed by atoms with E-state index in [1.54, 1.807) is 0 Å². The molecule has 0 aliphatic carbocycles. The number of carbonyl (C=O) groups is 1. The van der Waals surface area contributed by atoms with E-state index in [9.17, 15) is 4.79 Å². The summed E-state index contributed by atoms with van der Waals surface area (Å²) in [7, 11) is 0. The van der Waals surface area contributed by atoms with Gasteiger partial charge in [-0.25, -0.2) is 0 Å². The number of halogens is 1. The number of esters is 1. The van der Waals surface area contributed by atoms with Crippen molar-refractivity contribution >= 4 is 18.4 Å². The Morgan fingerprint density at radius 3 is 2.46 bits per heavy atom. The number of benzene rings is 2. The minimum atomic E-state index is -0.249. The van der Waals surface area contributed by atoms with Crippen molar-refractivity contribution < 1.29 is 14.3 Å². The highest BCUT2D eigenvalue weighted by atomic mass is 35.5. The predicted octanol–water partition coefficient (Wildman–Crippen LogP) is 4.43. The minimum absolute atomic E-state index is 0. The Morgan fingerprint density at radius 1 is 1.12 bits per heavy atom. The third-order valence-electron chi connectivity index (χ3n) is 4.46. The molecular weight excluding hydrogens is 350 g/mol. The Morgan fingerprint density at radius 2 is 1.85 bits per heavy atom. The van der Waals surface area contributed by atoms with Crippen LogP contribution in [-0.2, 0) is 16.1 Å². The summed E-state index contributed by atoms with van der Waals surface area (Å²) in [5.74, 6) is 0.563. The van der Waals surface area contributed by atoms with Gasteiger partial charge in [-0.15, -0.1) is 12.4 Å². The topological polar surface area (TPSA) is 47.6 Å². The SMILES string of the molecule is CC(=O)OC(c1ccc(OCc2ccccc2)cc1)C1CCCCN1.Cl. The van der Waals surface area contributed by atoms with Gasteiger partial charge >= 0.3 is 5.97 Å². The molecule has 3 rings (SSSR count). The van der Waals surface area contributed by atoms with Crippen LogP contribution in [-0.4, -0.2) is 18.6 Å². The van der Waals surface area contributed by atoms with Crippen LogP contribution in [0.25, 0.3) is 0 Å². The van der Waals surface area contributed by atoms with Gasteiger partial charge < -0.3 is 14.8 Å². The van der Waals surface area contributed by atoms with E-state index >= 15 is 0 Å². The first-order chi connectivity index (χ1) is 12.2. The molecule has 0 spiro atoms. The van der Waals surface area contributed by atoms with E-state index in [2.05, 4.69) is 5.32 Å². The molecule has 4 nitrogen and oxygen atoms in total. The van der Waals surface area contributed by atoms with E-state index in [0.717, 1.165) is 36.3 Å². The molecule has 0 bridgehead atoms. The number of piperidine rings is 1. The Bertz CT molecular complexity index is 669. The zero-order valence-corrected chi connectivity index (χ0v) is 15.8. The first-order valence-corrected chi connectivity index (χ1v) is 8.89. The highest BCUT2D eigenvalue weighted by molar-refractivity contribution is 5.85. The van der Waals surface area contributed by atoms with Gasteiger partial charge in [0, 0.05) is 13.0 Å². The van der Waals surface area contributed by atoms with Crippen LogP contribution in [0.5, 0.6) is 5.75 Å². The summed E-state index contributed by atoms with van der Waals surface area (Å²) in [6.45, 7) is 2.98. The maximum absolute atomic E-state index is 11.5. The number of nitrogens with one attached hydrogen (secondary N) is 1. The van der Waals surface area contributed by atoms with Gasteiger partial charge in [-0.2, -0.15) is 0 Å². The molecule has 0 amide bonds. The van der Waals surface area contributed by atoms with Gasteiger partial charge in [0.2, 0.25) is 0 Å². The van der Waals surface area contributed by atoms with Gasteiger partial charge in [0.1, 0.15) is 18.5 Å². The second kappa shape index (κ2) is 10.2. The number of rotatable bonds is 6. The second-order valence-electron chi connectivity index (χ2n) is 6.43. The summed E-state index contributed by atoms with van der Waals surface area (Å²) >= 11 is 0. The summed E-state index contributed by atoms with van der Waals surface area (Å²) in [5, 5.41) is 3.48. The summed E-state index contributed by atoms with van der Waals surface area (Å²) in [5.41, 5.74) is 2.14. The number of hydrogen-bond acceptors (Lipinski definition) is 4. The molecule has 0 saturated carbocycles. The predicted molar refractivity (Wildman–Crippen MR) is 105 cm³/mol. The fourth-order valence-electron chi connectivity index (χ4n) is 3.19. The average Bonchev–Trinajstić information content (AvgIpc) is 2.66. The molecular formula is C21H26ClNO3. The zero-order valence-electron chi connectivity index (χ0n) is 15.0. The van der Waals surface area contributed by atoms with Gasteiger partial charge in [-0.3, -0.25) is 4.79 Å². The Balaban J connectivity index is 0.00000243. The Hall–Kier alpha value is -2.04. The Kier molecular flexibility index (Phi) is 7.95. The van der Waals surface area contributed by atoms with Crippen molar-refractivity contribution in [2.45, 2.75) is 44.9 Å². The first kappa shape index (κ1) is 20.3. The molecule has 0 aromatic heterocycles. The Labute approximate surface area is 161 Å². The summed E-state index contributed by atoms with van der Waals surface area (Å²) in [6.07, 6.45) is 3.11. The lowest BCUT2D eigenvalue weighted by molar-refractivity contribution is -0.148. The molecule has 1 aliphatic rings. The lowest BCUT2D eigenvalue weighted by atomic mass is 9.94. The van der Waals surface area contributed by atoms with E-state index in [-0.39, 0.29) is 30.5 Å². The quantitative estimate of drug-likeness (QED) is 0.758. The summed E-state index contributed by atoms with van der Waals surface area (Å²) < 4.78 is 11.4. The molecule has 1 saturated heterocycles. The third-order valence-corrected chi connectivity index (χ3v) is 4.46. The van der Waals surface area contributed by atoms with Gasteiger partial charge in [-0.05, 0) is 42.6 Å². The molecule has 140 valence electrons. The smallest absolute Gasteiger partial charge is 0.303 e. The van der Waals surface area contributed by atoms with Crippen LogP contribution < -0.4 is 10.1 Å². The molecule has 2 aromatic rings. The maximum atomic E-state index is 11.5. The molecule has 1 fully saturated rings. The van der Waals surface area contributed by atoms with Crippen molar-refractivity contribution in [3.8, 4) is 5.75 Å². The van der Waals surface area contributed by atoms with Crippen LogP contribution in [0.3, 0.4) is 0 Å². The van der Waals surface area contributed by atoms with Crippen LogP contribution in [0.1, 0.15) is 43.4 Å². The average molecular weight is 376 g/mol. The molecule has 5 heteroatoms. The lowest BCUT2D eigenvalue weighted by Crippen LogP contribution is -2.40. The van der Waals surface area contributed by atoms with Crippen molar-refractivity contribution in [3.63, 3.8) is 0 Å². The van der Waals surface area contributed by atoms with Crippen molar-refractivity contribution in [2.24, 2.45) is 0 Å². The van der Waals surface area contributed by atoms with Crippen molar-refractivity contribution in [1.82, 2.24) is 5.32 Å². The van der Waals surface area contributed by atoms with Crippen molar-refractivity contribution in [1.29, 1.82) is 0 Å². The zero-order chi connectivity index (χ0) is 17.5. The van der Waals surface area contributed by atoms with Crippen molar-refractivity contribution in [2.75, 3.05) is 6.54 Å². The maximum Gasteiger partial charge on any atom is 0.303 e. The van der Waals surface area contributed by atoms with Crippen LogP contribution in [0.15, 0.2) is 54.6 Å². The summed E-state index contributed by atoms with van der Waals surface area (Å²) in [6, 6.07) is 18.1. The first-order valence-electron chi connectivity index (χ1n) is 8.89. The van der Waals surface area contributed by atoms with Crippen LogP contribution in [0.2, 0.25) is 0 Å². The van der Waals surface area contributed by atoms with E-state index in [0.29, 0.717) is 6.61 Å². The van der Waals surface area contributed by atoms with E-state index in [4.69, 9.17) is 9.47 Å². The third kappa shape index (κ3) is 5.75. The standard InChI is InChI=1S/C21H25NO3.ClH/c1-16(23)25-21(20-9-5-6-14-22-20)18-10-12-19(13-11-18)24-15-17-7-3-2-4-8-17;/h2-4,7-8,10-13,20-22H,5-6,9,14-15H2,1H3;1H. The highest BCUT2D eigenvalue weighted by Gasteiger charge is 2.27. The van der Waals surface area contributed by atoms with Crippen LogP contribution in [0.4, 0.5) is 0 Å². The van der Waals surface area contributed by atoms with Gasteiger partial charge in [0.25, 0.3) is 0 Å². The van der Waals surface area contributed by atoms with E-state index in [1.807, 2.05) is 54.6 Å². The van der Waals surface area contributed by atoms with Gasteiger partial charge in [0.15, 0.2) is 0 Å². The molecule has 2 unspecified atom stereocenters. The number of carbonyl (C=O) groups excluding carboxylic acids is 1. The minimum Gasteiger partial charge on any atom is -0.489 e. The van der Waals surface area contributed by atoms with E-state index in [1.165, 1.54) is 13.3 Å². The van der Waals surface area contributed by atoms with Crippen molar-refractivity contribution in [3.05, 3.63) is 65.7 Å². The van der Waals surface area contributed by atoms with Gasteiger partial charge in [0.05, 0.1) is 0 Å². The molecule has 2 aromatic carbocycles. The normalized spacial score (nSPS) is 17.7. The van der Waals surface area contributed by atoms with E-state index < -0.39 is 0 Å². The monoisotopic (exact) mass is 375 g/mol. The molecule has 1 N–H and O–H groups in total. The second-order valence-corrected chi connectivity index (χ2v) is 6.43. The molecule has 1 heterocycles. The number of hydrogen-bond donors (Lipinski definition) is 1. The largest absolute Gasteiger partial charge is 0.489 e. The molecule has 26 heavy (non-hydrogen) atoms. The molecule has 1 aliphatic heterocycles. The fraction of sp³-hybridized carbons (Fsp3) is 0.381. The summed E-state index contributed by atoms with van der Waals surface area (Å²) in [4.78, 5) is 11.5. The fourth-order valence-corrected chi connectivity index (χ4v) is 3.19. The molecule has 2 atom stereocenters.